The van der Waals surface area contributed by atoms with Crippen LogP contribution in [0.4, 0.5) is 0 Å². The van der Waals surface area contributed by atoms with E-state index in [0.29, 0.717) is 5.30 Å². The van der Waals surface area contributed by atoms with Crippen molar-refractivity contribution in [2.45, 2.75) is 26.2 Å². The van der Waals surface area contributed by atoms with E-state index in [-0.39, 0.29) is 0 Å². The first-order valence-corrected chi connectivity index (χ1v) is 14.0. The van der Waals surface area contributed by atoms with Gasteiger partial charge in [-0.1, -0.05) is 29.6 Å². The summed E-state index contributed by atoms with van der Waals surface area (Å²) in [6, 6.07) is 9.10. The van der Waals surface area contributed by atoms with Crippen molar-refractivity contribution in [2.75, 3.05) is 0 Å². The van der Waals surface area contributed by atoms with Crippen molar-refractivity contribution in [3.05, 3.63) is 54.9 Å². The van der Waals surface area contributed by atoms with Gasteiger partial charge in [0.25, 0.3) is 0 Å². The van der Waals surface area contributed by atoms with E-state index in [9.17, 15) is 4.57 Å². The third-order valence-corrected chi connectivity index (χ3v) is 11.4. The molecule has 1 rings (SSSR count). The van der Waals surface area contributed by atoms with Gasteiger partial charge >= 0.3 is 7.60 Å². The predicted molar refractivity (Wildman–Crippen MR) is 91.2 cm³/mol. The van der Waals surface area contributed by atoms with Crippen LogP contribution < -0.4 is 5.30 Å². The molecule has 0 aliphatic heterocycles. The van der Waals surface area contributed by atoms with Gasteiger partial charge in [-0.2, -0.15) is 0 Å². The number of benzene rings is 1. The van der Waals surface area contributed by atoms with Gasteiger partial charge in [0, 0.05) is 0 Å². The van der Waals surface area contributed by atoms with Crippen LogP contribution in [0.2, 0.25) is 26.2 Å². The molecule has 0 saturated carbocycles. The molecule has 0 fully saturated rings. The highest BCUT2D eigenvalue weighted by Gasteiger charge is 2.39. The molecule has 1 aromatic rings. The summed E-state index contributed by atoms with van der Waals surface area (Å²) in [7, 11) is -7.86. The highest BCUT2D eigenvalue weighted by atomic mass is 31.2. The van der Waals surface area contributed by atoms with Crippen LogP contribution >= 0.6 is 7.60 Å². The molecule has 0 unspecified atom stereocenters. The van der Waals surface area contributed by atoms with E-state index >= 15 is 0 Å². The van der Waals surface area contributed by atoms with Crippen molar-refractivity contribution < 1.29 is 13.0 Å². The van der Waals surface area contributed by atoms with Crippen molar-refractivity contribution in [2.24, 2.45) is 0 Å². The second-order valence-electron chi connectivity index (χ2n) is 5.63. The highest BCUT2D eigenvalue weighted by molar-refractivity contribution is 7.65. The fraction of sp³-hybridized carbons (Fsp3) is 0.286. The Bertz CT molecular complexity index is 500. The quantitative estimate of drug-likeness (QED) is 0.550. The second kappa shape index (κ2) is 6.37. The lowest BCUT2D eigenvalue weighted by atomic mass is 10.4. The molecule has 0 atom stereocenters. The van der Waals surface area contributed by atoms with Gasteiger partial charge in [-0.3, -0.25) is 4.57 Å². The maximum absolute atomic E-state index is 13.3. The number of hydrogen-bond donors (Lipinski definition) is 0. The van der Waals surface area contributed by atoms with Crippen molar-refractivity contribution in [3.63, 3.8) is 0 Å². The largest absolute Gasteiger partial charge is 0.344 e. The molecule has 3 nitrogen and oxygen atoms in total. The fourth-order valence-corrected chi connectivity index (χ4v) is 8.85. The normalized spacial score (nSPS) is 13.0. The summed E-state index contributed by atoms with van der Waals surface area (Å²) >= 11 is 0. The standard InChI is InChI=1S/C14H23O3PSi2/c1-7-19(3,4)16-18(15,17-20(5,6)8-2)14-12-10-9-11-13-14/h7-13H,1-2H2,3-6H3. The lowest BCUT2D eigenvalue weighted by Crippen LogP contribution is -2.34. The first-order valence-electron chi connectivity index (χ1n) is 6.48. The average Bonchev–Trinajstić information content (AvgIpc) is 2.38. The number of rotatable bonds is 7. The first kappa shape index (κ1) is 17.3. The van der Waals surface area contributed by atoms with Gasteiger partial charge in [0.1, 0.15) is 0 Å². The van der Waals surface area contributed by atoms with E-state index in [4.69, 9.17) is 8.43 Å². The number of hydrogen-bond acceptors (Lipinski definition) is 3. The topological polar surface area (TPSA) is 35.5 Å². The molecule has 0 spiro atoms. The molecule has 0 amide bonds. The zero-order valence-corrected chi connectivity index (χ0v) is 15.5. The molecule has 0 aliphatic carbocycles. The van der Waals surface area contributed by atoms with Crippen molar-refractivity contribution in [1.29, 1.82) is 0 Å². The second-order valence-corrected chi connectivity index (χ2v) is 15.8. The Morgan fingerprint density at radius 3 is 1.70 bits per heavy atom. The van der Waals surface area contributed by atoms with E-state index < -0.39 is 24.2 Å². The Kier molecular flexibility index (Phi) is 5.52. The van der Waals surface area contributed by atoms with Gasteiger partial charge in [0.15, 0.2) is 0 Å². The summed E-state index contributed by atoms with van der Waals surface area (Å²) in [5.41, 5.74) is 3.52. The minimum absolute atomic E-state index is 0.588. The van der Waals surface area contributed by atoms with E-state index in [1.54, 1.807) is 23.5 Å². The average molecular weight is 326 g/mol. The molecular formula is C14H23O3PSi2. The van der Waals surface area contributed by atoms with Gasteiger partial charge in [-0.15, -0.1) is 13.2 Å². The van der Waals surface area contributed by atoms with E-state index in [2.05, 4.69) is 13.2 Å². The Morgan fingerprint density at radius 1 is 0.950 bits per heavy atom. The molecule has 0 aliphatic rings. The Labute approximate surface area is 124 Å². The zero-order valence-electron chi connectivity index (χ0n) is 12.6. The van der Waals surface area contributed by atoms with Crippen LogP contribution in [0.15, 0.2) is 54.9 Å². The smallest absolute Gasteiger partial charge is 0.342 e. The van der Waals surface area contributed by atoms with Crippen LogP contribution in [-0.4, -0.2) is 16.6 Å². The maximum atomic E-state index is 13.3. The fourth-order valence-electron chi connectivity index (χ4n) is 1.43. The van der Waals surface area contributed by atoms with Gasteiger partial charge in [-0.05, 0) is 38.3 Å². The summed E-state index contributed by atoms with van der Waals surface area (Å²) in [6.45, 7) is 15.3. The molecular weight excluding hydrogens is 303 g/mol. The van der Waals surface area contributed by atoms with Crippen molar-refractivity contribution in [3.8, 4) is 0 Å². The van der Waals surface area contributed by atoms with Crippen LogP contribution in [0.5, 0.6) is 0 Å². The van der Waals surface area contributed by atoms with Gasteiger partial charge < -0.3 is 8.43 Å². The molecule has 20 heavy (non-hydrogen) atoms. The highest BCUT2D eigenvalue weighted by Crippen LogP contribution is 2.52. The summed E-state index contributed by atoms with van der Waals surface area (Å²) < 4.78 is 25.2. The lowest BCUT2D eigenvalue weighted by molar-refractivity contribution is 0.399. The molecule has 0 bridgehead atoms. The molecule has 0 aromatic heterocycles. The van der Waals surface area contributed by atoms with Crippen molar-refractivity contribution in [1.82, 2.24) is 0 Å². The maximum Gasteiger partial charge on any atom is 0.342 e. The molecule has 0 saturated heterocycles. The molecule has 0 radical (unpaired) electrons. The summed E-state index contributed by atoms with van der Waals surface area (Å²) in [5, 5.41) is 0.588. The first-order chi connectivity index (χ1) is 9.14. The lowest BCUT2D eigenvalue weighted by Gasteiger charge is -2.31. The predicted octanol–water partition coefficient (Wildman–Crippen LogP) is 4.40. The van der Waals surface area contributed by atoms with Crippen LogP contribution in [0, 0.1) is 0 Å². The van der Waals surface area contributed by atoms with Crippen molar-refractivity contribution >= 4 is 29.5 Å². The van der Waals surface area contributed by atoms with Crippen LogP contribution in [-0.2, 0) is 13.0 Å². The van der Waals surface area contributed by atoms with Crippen LogP contribution in [0.3, 0.4) is 0 Å². The zero-order chi connectivity index (χ0) is 15.4. The Balaban J connectivity index is 3.24. The molecule has 6 heteroatoms. The summed E-state index contributed by atoms with van der Waals surface area (Å²) in [6.07, 6.45) is 0. The van der Waals surface area contributed by atoms with E-state index in [1.807, 2.05) is 44.4 Å². The minimum Gasteiger partial charge on any atom is -0.344 e. The van der Waals surface area contributed by atoms with Gasteiger partial charge in [-0.25, -0.2) is 0 Å². The Morgan fingerprint density at radius 2 is 1.35 bits per heavy atom. The molecule has 1 aromatic carbocycles. The van der Waals surface area contributed by atoms with Crippen LogP contribution in [0.25, 0.3) is 0 Å². The molecule has 0 heterocycles. The third-order valence-electron chi connectivity index (χ3n) is 2.77. The summed E-state index contributed by atoms with van der Waals surface area (Å²) in [4.78, 5) is 0. The van der Waals surface area contributed by atoms with Gasteiger partial charge in [0.05, 0.1) is 5.30 Å². The minimum atomic E-state index is -3.37. The van der Waals surface area contributed by atoms with E-state index in [1.165, 1.54) is 0 Å². The van der Waals surface area contributed by atoms with Gasteiger partial charge in [0.2, 0.25) is 16.6 Å². The molecule has 110 valence electrons. The Hall–Kier alpha value is -0.716. The monoisotopic (exact) mass is 326 g/mol. The molecule has 0 N–H and O–H groups in total. The SMILES string of the molecule is C=C[Si](C)(C)OP(=O)(O[Si](C)(C)C=C)c1ccccc1. The summed E-state index contributed by atoms with van der Waals surface area (Å²) in [5.74, 6) is 0. The van der Waals surface area contributed by atoms with E-state index in [0.717, 1.165) is 0 Å². The third kappa shape index (κ3) is 4.68. The van der Waals surface area contributed by atoms with Crippen LogP contribution in [0.1, 0.15) is 0 Å².